The van der Waals surface area contributed by atoms with Crippen LogP contribution < -0.4 is 10.6 Å². The molecule has 178 valence electrons. The zero-order chi connectivity index (χ0) is 24.8. The minimum Gasteiger partial charge on any atom is -0.507 e. The minimum absolute atomic E-state index is 0.0561. The van der Waals surface area contributed by atoms with Crippen LogP contribution in [0.3, 0.4) is 0 Å². The largest absolute Gasteiger partial charge is 0.507 e. The summed E-state index contributed by atoms with van der Waals surface area (Å²) in [7, 11) is 0. The SMILES string of the molecule is CC(C)Cc1cccc(O)c1C(=O)Nc1ccc(NC(=O)c2c(O)cccc2CC(C)C)cc1. The smallest absolute Gasteiger partial charge is 0.259 e. The predicted molar refractivity (Wildman–Crippen MR) is 136 cm³/mol. The van der Waals surface area contributed by atoms with E-state index in [1.54, 1.807) is 36.4 Å². The highest BCUT2D eigenvalue weighted by Gasteiger charge is 2.19. The molecule has 34 heavy (non-hydrogen) atoms. The maximum atomic E-state index is 12.9. The quantitative estimate of drug-likeness (QED) is 0.331. The van der Waals surface area contributed by atoms with Crippen LogP contribution in [0.2, 0.25) is 0 Å². The number of amides is 2. The molecule has 0 saturated carbocycles. The topological polar surface area (TPSA) is 98.7 Å². The molecular weight excluding hydrogens is 428 g/mol. The lowest BCUT2D eigenvalue weighted by atomic mass is 9.96. The van der Waals surface area contributed by atoms with Gasteiger partial charge >= 0.3 is 0 Å². The summed E-state index contributed by atoms with van der Waals surface area (Å²) in [5.41, 5.74) is 3.18. The number of anilines is 2. The number of hydrogen-bond acceptors (Lipinski definition) is 4. The lowest BCUT2D eigenvalue weighted by Gasteiger charge is -2.15. The van der Waals surface area contributed by atoms with Gasteiger partial charge in [-0.1, -0.05) is 52.0 Å². The summed E-state index contributed by atoms with van der Waals surface area (Å²) in [6.07, 6.45) is 1.35. The van der Waals surface area contributed by atoms with Crippen molar-refractivity contribution in [3.63, 3.8) is 0 Å². The van der Waals surface area contributed by atoms with E-state index < -0.39 is 11.8 Å². The Labute approximate surface area is 200 Å². The molecule has 6 heteroatoms. The second kappa shape index (κ2) is 10.9. The Kier molecular flexibility index (Phi) is 7.95. The summed E-state index contributed by atoms with van der Waals surface area (Å²) in [6, 6.07) is 16.9. The Balaban J connectivity index is 1.74. The zero-order valence-corrected chi connectivity index (χ0v) is 20.1. The molecule has 0 aromatic heterocycles. The third kappa shape index (κ3) is 6.16. The maximum absolute atomic E-state index is 12.9. The highest BCUT2D eigenvalue weighted by atomic mass is 16.3. The normalized spacial score (nSPS) is 11.0. The Morgan fingerprint density at radius 1 is 0.647 bits per heavy atom. The fraction of sp³-hybridized carbons (Fsp3) is 0.286. The molecule has 0 radical (unpaired) electrons. The van der Waals surface area contributed by atoms with Crippen LogP contribution in [0.25, 0.3) is 0 Å². The van der Waals surface area contributed by atoms with Gasteiger partial charge in [0, 0.05) is 11.4 Å². The van der Waals surface area contributed by atoms with Crippen molar-refractivity contribution in [3.05, 3.63) is 82.9 Å². The van der Waals surface area contributed by atoms with Crippen molar-refractivity contribution in [1.82, 2.24) is 0 Å². The van der Waals surface area contributed by atoms with Crippen LogP contribution >= 0.6 is 0 Å². The van der Waals surface area contributed by atoms with Gasteiger partial charge in [-0.3, -0.25) is 9.59 Å². The zero-order valence-electron chi connectivity index (χ0n) is 20.1. The molecule has 0 saturated heterocycles. The van der Waals surface area contributed by atoms with E-state index in [2.05, 4.69) is 38.3 Å². The average Bonchev–Trinajstić information content (AvgIpc) is 2.74. The molecule has 0 heterocycles. The van der Waals surface area contributed by atoms with Gasteiger partial charge in [0.25, 0.3) is 11.8 Å². The molecule has 0 bridgehead atoms. The minimum atomic E-state index is -0.391. The van der Waals surface area contributed by atoms with Gasteiger partial charge in [-0.05, 0) is 72.2 Å². The van der Waals surface area contributed by atoms with Gasteiger partial charge < -0.3 is 20.8 Å². The van der Waals surface area contributed by atoms with Crippen LogP contribution in [-0.4, -0.2) is 22.0 Å². The number of nitrogens with one attached hydrogen (secondary N) is 2. The van der Waals surface area contributed by atoms with E-state index in [9.17, 15) is 19.8 Å². The molecule has 0 atom stereocenters. The Hall–Kier alpha value is -3.80. The van der Waals surface area contributed by atoms with Crippen LogP contribution in [0.5, 0.6) is 11.5 Å². The van der Waals surface area contributed by atoms with E-state index >= 15 is 0 Å². The van der Waals surface area contributed by atoms with Crippen LogP contribution in [0.4, 0.5) is 11.4 Å². The van der Waals surface area contributed by atoms with Crippen LogP contribution in [0.1, 0.15) is 59.5 Å². The molecule has 2 amide bonds. The average molecular weight is 461 g/mol. The third-order valence-electron chi connectivity index (χ3n) is 5.37. The standard InChI is InChI=1S/C28H32N2O4/c1-17(2)15-19-7-5-9-23(31)25(19)27(33)29-21-11-13-22(14-12-21)30-28(34)26-20(16-18(3)4)8-6-10-24(26)32/h5-14,17-18,31-32H,15-16H2,1-4H3,(H,29,33)(H,30,34). The molecule has 0 aliphatic heterocycles. The fourth-order valence-corrected chi connectivity index (χ4v) is 3.94. The maximum Gasteiger partial charge on any atom is 0.259 e. The monoisotopic (exact) mass is 460 g/mol. The second-order valence-corrected chi connectivity index (χ2v) is 9.30. The van der Waals surface area contributed by atoms with Gasteiger partial charge in [-0.25, -0.2) is 0 Å². The van der Waals surface area contributed by atoms with Crippen LogP contribution in [0, 0.1) is 11.8 Å². The molecule has 3 aromatic rings. The van der Waals surface area contributed by atoms with Crippen molar-refractivity contribution < 1.29 is 19.8 Å². The predicted octanol–water partition coefficient (Wildman–Crippen LogP) is 6.00. The molecule has 0 aliphatic rings. The fourth-order valence-electron chi connectivity index (χ4n) is 3.94. The number of phenolic OH excluding ortho intramolecular Hbond substituents is 2. The Morgan fingerprint density at radius 2 is 1.00 bits per heavy atom. The van der Waals surface area contributed by atoms with Gasteiger partial charge in [0.1, 0.15) is 11.5 Å². The molecule has 4 N–H and O–H groups in total. The van der Waals surface area contributed by atoms with E-state index in [0.29, 0.717) is 36.1 Å². The van der Waals surface area contributed by atoms with Crippen molar-refractivity contribution in [1.29, 1.82) is 0 Å². The third-order valence-corrected chi connectivity index (χ3v) is 5.37. The van der Waals surface area contributed by atoms with Crippen molar-refractivity contribution >= 4 is 23.2 Å². The van der Waals surface area contributed by atoms with Crippen LogP contribution in [-0.2, 0) is 12.8 Å². The molecule has 6 nitrogen and oxygen atoms in total. The Bertz CT molecular complexity index is 1080. The Morgan fingerprint density at radius 3 is 1.32 bits per heavy atom. The van der Waals surface area contributed by atoms with Gasteiger partial charge in [0.15, 0.2) is 0 Å². The second-order valence-electron chi connectivity index (χ2n) is 9.30. The van der Waals surface area contributed by atoms with Gasteiger partial charge in [0.2, 0.25) is 0 Å². The summed E-state index contributed by atoms with van der Waals surface area (Å²) in [5.74, 6) is -0.224. The summed E-state index contributed by atoms with van der Waals surface area (Å²) in [4.78, 5) is 25.8. The van der Waals surface area contributed by atoms with E-state index in [1.807, 2.05) is 12.1 Å². The first kappa shape index (κ1) is 24.8. The van der Waals surface area contributed by atoms with Crippen molar-refractivity contribution in [2.24, 2.45) is 11.8 Å². The lowest BCUT2D eigenvalue weighted by molar-refractivity contribution is 0.101. The summed E-state index contributed by atoms with van der Waals surface area (Å²) >= 11 is 0. The molecule has 0 unspecified atom stereocenters. The number of carbonyl (C=O) groups is 2. The highest BCUT2D eigenvalue weighted by molar-refractivity contribution is 6.08. The number of rotatable bonds is 8. The molecule has 0 fully saturated rings. The van der Waals surface area contributed by atoms with Crippen molar-refractivity contribution in [2.75, 3.05) is 10.6 Å². The number of benzene rings is 3. The first-order chi connectivity index (χ1) is 16.2. The summed E-state index contributed by atoms with van der Waals surface area (Å²) in [6.45, 7) is 8.22. The van der Waals surface area contributed by atoms with Crippen LogP contribution in [0.15, 0.2) is 60.7 Å². The van der Waals surface area contributed by atoms with E-state index in [-0.39, 0.29) is 22.6 Å². The molecule has 3 rings (SSSR count). The number of hydrogen-bond donors (Lipinski definition) is 4. The number of aromatic hydroxyl groups is 2. The molecule has 0 aliphatic carbocycles. The highest BCUT2D eigenvalue weighted by Crippen LogP contribution is 2.27. The van der Waals surface area contributed by atoms with E-state index in [0.717, 1.165) is 11.1 Å². The first-order valence-corrected chi connectivity index (χ1v) is 11.5. The van der Waals surface area contributed by atoms with Gasteiger partial charge in [-0.15, -0.1) is 0 Å². The molecular formula is C28H32N2O4. The van der Waals surface area contributed by atoms with E-state index in [4.69, 9.17) is 0 Å². The number of carbonyl (C=O) groups excluding carboxylic acids is 2. The first-order valence-electron chi connectivity index (χ1n) is 11.5. The van der Waals surface area contributed by atoms with E-state index in [1.165, 1.54) is 12.1 Å². The molecule has 3 aromatic carbocycles. The van der Waals surface area contributed by atoms with Gasteiger partial charge in [0.05, 0.1) is 11.1 Å². The number of phenols is 2. The van der Waals surface area contributed by atoms with Gasteiger partial charge in [-0.2, -0.15) is 0 Å². The summed E-state index contributed by atoms with van der Waals surface area (Å²) < 4.78 is 0. The summed E-state index contributed by atoms with van der Waals surface area (Å²) in [5, 5.41) is 26.2. The molecule has 0 spiro atoms. The van der Waals surface area contributed by atoms with Crippen molar-refractivity contribution in [2.45, 2.75) is 40.5 Å². The lowest BCUT2D eigenvalue weighted by Crippen LogP contribution is -2.16. The van der Waals surface area contributed by atoms with Crippen molar-refractivity contribution in [3.8, 4) is 11.5 Å².